The molecule has 4 heteroatoms. The Kier molecular flexibility index (Phi) is 4.80. The molecule has 2 rings (SSSR count). The lowest BCUT2D eigenvalue weighted by Gasteiger charge is -2.13. The molecule has 0 atom stereocenters. The Morgan fingerprint density at radius 2 is 2.22 bits per heavy atom. The summed E-state index contributed by atoms with van der Waals surface area (Å²) in [5.41, 5.74) is 9.25. The van der Waals surface area contributed by atoms with Crippen molar-refractivity contribution in [3.63, 3.8) is 0 Å². The molecule has 0 radical (unpaired) electrons. The smallest absolute Gasteiger partial charge is 0.126 e. The van der Waals surface area contributed by atoms with Crippen molar-refractivity contribution in [2.24, 2.45) is 5.73 Å². The molecule has 0 amide bonds. The lowest BCUT2D eigenvalue weighted by molar-refractivity contribution is 0.316. The van der Waals surface area contributed by atoms with Gasteiger partial charge in [0.05, 0.1) is 6.61 Å². The van der Waals surface area contributed by atoms with E-state index in [0.717, 1.165) is 27.8 Å². The van der Waals surface area contributed by atoms with Crippen molar-refractivity contribution in [3.05, 3.63) is 50.1 Å². The van der Waals surface area contributed by atoms with Crippen LogP contribution >= 0.6 is 27.3 Å². The van der Waals surface area contributed by atoms with Gasteiger partial charge in [-0.2, -0.15) is 11.3 Å². The maximum absolute atomic E-state index is 5.89. The molecule has 0 fully saturated rings. The van der Waals surface area contributed by atoms with Crippen LogP contribution < -0.4 is 10.5 Å². The molecule has 1 aromatic heterocycles. The van der Waals surface area contributed by atoms with Crippen LogP contribution in [0.5, 0.6) is 5.75 Å². The third-order valence-electron chi connectivity index (χ3n) is 2.75. The molecule has 0 aliphatic heterocycles. The van der Waals surface area contributed by atoms with Crippen molar-refractivity contribution in [1.29, 1.82) is 0 Å². The predicted octanol–water partition coefficient (Wildman–Crippen LogP) is 3.90. The lowest BCUT2D eigenvalue weighted by Crippen LogP contribution is -2.07. The molecule has 0 saturated carbocycles. The van der Waals surface area contributed by atoms with Crippen LogP contribution in [0.4, 0.5) is 0 Å². The average Bonchev–Trinajstić information content (AvgIpc) is 2.84. The Balaban J connectivity index is 2.04. The minimum atomic E-state index is 0.494. The molecular formula is C14H16BrNOS. The zero-order chi connectivity index (χ0) is 13.0. The second-order valence-corrected chi connectivity index (χ2v) is 5.84. The molecule has 0 aliphatic carbocycles. The molecular weight excluding hydrogens is 310 g/mol. The van der Waals surface area contributed by atoms with Gasteiger partial charge in [0.1, 0.15) is 5.75 Å². The van der Waals surface area contributed by atoms with E-state index in [9.17, 15) is 0 Å². The molecule has 96 valence electrons. The van der Waals surface area contributed by atoms with E-state index in [0.29, 0.717) is 13.2 Å². The van der Waals surface area contributed by atoms with Gasteiger partial charge in [-0.15, -0.1) is 0 Å². The number of thiophene rings is 1. The first kappa shape index (κ1) is 13.6. The molecule has 2 N–H and O–H groups in total. The fourth-order valence-electron chi connectivity index (χ4n) is 1.86. The summed E-state index contributed by atoms with van der Waals surface area (Å²) in [6, 6.07) is 6.21. The highest BCUT2D eigenvalue weighted by molar-refractivity contribution is 9.10. The maximum atomic E-state index is 5.89. The molecule has 0 unspecified atom stereocenters. The molecule has 0 saturated heterocycles. The normalized spacial score (nSPS) is 10.6. The van der Waals surface area contributed by atoms with Gasteiger partial charge >= 0.3 is 0 Å². The van der Waals surface area contributed by atoms with Gasteiger partial charge in [-0.25, -0.2) is 0 Å². The summed E-state index contributed by atoms with van der Waals surface area (Å²) in [4.78, 5) is 0. The van der Waals surface area contributed by atoms with Crippen molar-refractivity contribution >= 4 is 27.3 Å². The molecule has 18 heavy (non-hydrogen) atoms. The molecule has 0 aliphatic rings. The first-order valence-corrected chi connectivity index (χ1v) is 7.57. The molecule has 1 heterocycles. The summed E-state index contributed by atoms with van der Waals surface area (Å²) < 4.78 is 6.94. The van der Waals surface area contributed by atoms with Gasteiger partial charge in [-0.1, -0.05) is 15.9 Å². The van der Waals surface area contributed by atoms with Crippen molar-refractivity contribution < 1.29 is 4.74 Å². The van der Waals surface area contributed by atoms with Crippen LogP contribution in [-0.2, 0) is 13.0 Å². The quantitative estimate of drug-likeness (QED) is 0.904. The van der Waals surface area contributed by atoms with Crippen molar-refractivity contribution in [2.75, 3.05) is 6.61 Å². The summed E-state index contributed by atoms with van der Waals surface area (Å²) in [6.45, 7) is 3.23. The minimum absolute atomic E-state index is 0.494. The second kappa shape index (κ2) is 6.36. The first-order valence-electron chi connectivity index (χ1n) is 5.83. The van der Waals surface area contributed by atoms with E-state index in [1.807, 2.05) is 13.0 Å². The summed E-state index contributed by atoms with van der Waals surface area (Å²) in [5, 5.41) is 4.24. The van der Waals surface area contributed by atoms with Crippen LogP contribution in [0, 0.1) is 6.92 Å². The van der Waals surface area contributed by atoms with E-state index in [-0.39, 0.29) is 0 Å². The number of rotatable bonds is 5. The third-order valence-corrected chi connectivity index (χ3v) is 3.94. The number of ether oxygens (including phenoxy) is 1. The van der Waals surface area contributed by atoms with Gasteiger partial charge in [0, 0.05) is 23.0 Å². The Bertz CT molecular complexity index is 511. The Hall–Kier alpha value is -0.840. The Labute approximate surface area is 120 Å². The largest absolute Gasteiger partial charge is 0.493 e. The zero-order valence-electron chi connectivity index (χ0n) is 10.3. The molecule has 2 nitrogen and oxygen atoms in total. The van der Waals surface area contributed by atoms with E-state index >= 15 is 0 Å². The van der Waals surface area contributed by atoms with E-state index in [1.165, 1.54) is 5.56 Å². The topological polar surface area (TPSA) is 35.2 Å². The Morgan fingerprint density at radius 3 is 2.89 bits per heavy atom. The zero-order valence-corrected chi connectivity index (χ0v) is 12.7. The van der Waals surface area contributed by atoms with E-state index in [4.69, 9.17) is 10.5 Å². The minimum Gasteiger partial charge on any atom is -0.493 e. The highest BCUT2D eigenvalue weighted by atomic mass is 79.9. The number of benzene rings is 1. The number of halogens is 1. The fourth-order valence-corrected chi connectivity index (χ4v) is 3.19. The van der Waals surface area contributed by atoms with Crippen LogP contribution in [0.3, 0.4) is 0 Å². The fraction of sp³-hybridized carbons (Fsp3) is 0.286. The van der Waals surface area contributed by atoms with Crippen LogP contribution in [0.2, 0.25) is 0 Å². The van der Waals surface area contributed by atoms with Gasteiger partial charge in [-0.05, 0) is 47.0 Å². The van der Waals surface area contributed by atoms with Crippen LogP contribution in [0.15, 0.2) is 33.4 Å². The van der Waals surface area contributed by atoms with Crippen molar-refractivity contribution in [2.45, 2.75) is 19.9 Å². The average molecular weight is 326 g/mol. The summed E-state index contributed by atoms with van der Waals surface area (Å²) in [7, 11) is 0. The SMILES string of the molecule is Cc1cc(Br)cc(CN)c1OCCc1ccsc1. The van der Waals surface area contributed by atoms with E-state index in [2.05, 4.69) is 38.8 Å². The van der Waals surface area contributed by atoms with Gasteiger partial charge in [-0.3, -0.25) is 0 Å². The number of hydrogen-bond acceptors (Lipinski definition) is 3. The standard InChI is InChI=1S/C14H16BrNOS/c1-10-6-13(15)7-12(8-16)14(10)17-4-2-11-3-5-18-9-11/h3,5-7,9H,2,4,8,16H2,1H3. The monoisotopic (exact) mass is 325 g/mol. The predicted molar refractivity (Wildman–Crippen MR) is 80.3 cm³/mol. The molecule has 2 aromatic rings. The second-order valence-electron chi connectivity index (χ2n) is 4.15. The van der Waals surface area contributed by atoms with Crippen molar-refractivity contribution in [1.82, 2.24) is 0 Å². The van der Waals surface area contributed by atoms with Crippen LogP contribution in [0.1, 0.15) is 16.7 Å². The van der Waals surface area contributed by atoms with Crippen molar-refractivity contribution in [3.8, 4) is 5.75 Å². The summed E-state index contributed by atoms with van der Waals surface area (Å²) >= 11 is 5.19. The molecule has 1 aromatic carbocycles. The van der Waals surface area contributed by atoms with Crippen LogP contribution in [-0.4, -0.2) is 6.61 Å². The number of hydrogen-bond donors (Lipinski definition) is 1. The molecule has 0 bridgehead atoms. The number of nitrogens with two attached hydrogens (primary N) is 1. The van der Waals surface area contributed by atoms with Gasteiger partial charge in [0.2, 0.25) is 0 Å². The van der Waals surface area contributed by atoms with Crippen LogP contribution in [0.25, 0.3) is 0 Å². The van der Waals surface area contributed by atoms with E-state index in [1.54, 1.807) is 11.3 Å². The highest BCUT2D eigenvalue weighted by Crippen LogP contribution is 2.28. The Morgan fingerprint density at radius 1 is 1.39 bits per heavy atom. The highest BCUT2D eigenvalue weighted by Gasteiger charge is 2.08. The summed E-state index contributed by atoms with van der Waals surface area (Å²) in [5.74, 6) is 0.927. The van der Waals surface area contributed by atoms with Gasteiger partial charge < -0.3 is 10.5 Å². The maximum Gasteiger partial charge on any atom is 0.126 e. The van der Waals surface area contributed by atoms with Gasteiger partial charge in [0.15, 0.2) is 0 Å². The summed E-state index contributed by atoms with van der Waals surface area (Å²) in [6.07, 6.45) is 0.934. The lowest BCUT2D eigenvalue weighted by atomic mass is 10.1. The van der Waals surface area contributed by atoms with Gasteiger partial charge in [0.25, 0.3) is 0 Å². The molecule has 0 spiro atoms. The number of aryl methyl sites for hydroxylation is 1. The van der Waals surface area contributed by atoms with E-state index < -0.39 is 0 Å². The third kappa shape index (κ3) is 3.34. The first-order chi connectivity index (χ1) is 8.70.